The summed E-state index contributed by atoms with van der Waals surface area (Å²) in [4.78, 5) is 43.6. The van der Waals surface area contributed by atoms with E-state index in [-0.39, 0.29) is 29.9 Å². The number of hydrogen-bond acceptors (Lipinski definition) is 8. The summed E-state index contributed by atoms with van der Waals surface area (Å²) < 4.78 is 31.3. The first-order valence-electron chi connectivity index (χ1n) is 12.9. The van der Waals surface area contributed by atoms with Gasteiger partial charge < -0.3 is 19.4 Å². The van der Waals surface area contributed by atoms with Crippen molar-refractivity contribution in [1.29, 1.82) is 0 Å². The zero-order valence-corrected chi connectivity index (χ0v) is 22.8. The van der Waals surface area contributed by atoms with Crippen LogP contribution >= 0.6 is 0 Å². The highest BCUT2D eigenvalue weighted by Gasteiger charge is 2.29. The van der Waals surface area contributed by atoms with Crippen LogP contribution in [0.2, 0.25) is 0 Å². The van der Waals surface area contributed by atoms with Gasteiger partial charge in [-0.2, -0.15) is 0 Å². The number of morpholine rings is 1. The van der Waals surface area contributed by atoms with Gasteiger partial charge in [-0.15, -0.1) is 0 Å². The molecule has 10 nitrogen and oxygen atoms in total. The Bertz CT molecular complexity index is 1140. The van der Waals surface area contributed by atoms with E-state index in [0.29, 0.717) is 50.8 Å². The molecule has 2 atom stereocenters. The van der Waals surface area contributed by atoms with Crippen LogP contribution in [0.25, 0.3) is 0 Å². The number of sulfone groups is 1. The van der Waals surface area contributed by atoms with Gasteiger partial charge in [0.25, 0.3) is 5.89 Å². The van der Waals surface area contributed by atoms with Gasteiger partial charge in [0.15, 0.2) is 0 Å². The summed E-state index contributed by atoms with van der Waals surface area (Å²) in [7, 11) is -2.66. The Kier molecular flexibility index (Phi) is 11.0. The lowest BCUT2D eigenvalue weighted by molar-refractivity contribution is -0.139. The van der Waals surface area contributed by atoms with E-state index in [4.69, 9.17) is 9.15 Å². The average Bonchev–Trinajstić information content (AvgIpc) is 3.52. The molecule has 2 aliphatic rings. The molecule has 38 heavy (non-hydrogen) atoms. The lowest BCUT2D eigenvalue weighted by Crippen LogP contribution is -2.46. The topological polar surface area (TPSA) is 136 Å². The molecule has 1 N–H and O–H groups in total. The summed E-state index contributed by atoms with van der Waals surface area (Å²) in [5.74, 6) is -0.480. The summed E-state index contributed by atoms with van der Waals surface area (Å²) in [6, 6.07) is 8.94. The SMILES string of the molecule is CC(CC(=O)N1CCOCC1)C(=O)N[C@@H](CCc1ccccc1)C(=O)c1ncco1.CS(=O)(=O)CC1CC1. The van der Waals surface area contributed by atoms with Gasteiger partial charge in [0.05, 0.1) is 31.2 Å². The van der Waals surface area contributed by atoms with Gasteiger partial charge in [-0.1, -0.05) is 37.3 Å². The van der Waals surface area contributed by atoms with Crippen LogP contribution in [0.1, 0.15) is 48.9 Å². The van der Waals surface area contributed by atoms with Crippen LogP contribution in [0.5, 0.6) is 0 Å². The molecule has 1 aromatic heterocycles. The van der Waals surface area contributed by atoms with E-state index in [1.165, 1.54) is 18.7 Å². The molecule has 2 amide bonds. The predicted octanol–water partition coefficient (Wildman–Crippen LogP) is 2.30. The highest BCUT2D eigenvalue weighted by atomic mass is 32.2. The van der Waals surface area contributed by atoms with E-state index < -0.39 is 21.8 Å². The molecule has 1 aliphatic heterocycles. The Morgan fingerprint density at radius 1 is 1.13 bits per heavy atom. The lowest BCUT2D eigenvalue weighted by atomic mass is 10.00. The molecule has 0 radical (unpaired) electrons. The highest BCUT2D eigenvalue weighted by Crippen LogP contribution is 2.29. The summed E-state index contributed by atoms with van der Waals surface area (Å²) in [6.07, 6.45) is 7.36. The van der Waals surface area contributed by atoms with E-state index >= 15 is 0 Å². The molecule has 2 heterocycles. The normalized spacial score (nSPS) is 17.1. The molecule has 1 saturated carbocycles. The van der Waals surface area contributed by atoms with Crippen LogP contribution < -0.4 is 5.32 Å². The van der Waals surface area contributed by atoms with Gasteiger partial charge in [0.1, 0.15) is 16.1 Å². The van der Waals surface area contributed by atoms with E-state index in [9.17, 15) is 22.8 Å². The third kappa shape index (κ3) is 10.4. The van der Waals surface area contributed by atoms with Crippen molar-refractivity contribution in [3.05, 3.63) is 54.2 Å². The first-order valence-corrected chi connectivity index (χ1v) is 15.0. The maximum atomic E-state index is 12.8. The highest BCUT2D eigenvalue weighted by molar-refractivity contribution is 7.90. The molecule has 208 valence electrons. The molecule has 4 rings (SSSR count). The molecule has 1 saturated heterocycles. The van der Waals surface area contributed by atoms with Gasteiger partial charge in [0.2, 0.25) is 17.6 Å². The molecular weight excluding hydrogens is 510 g/mol. The Balaban J connectivity index is 0.000000427. The molecule has 1 aromatic carbocycles. The van der Waals surface area contributed by atoms with Gasteiger partial charge in [-0.05, 0) is 37.2 Å². The van der Waals surface area contributed by atoms with E-state index in [1.54, 1.807) is 11.8 Å². The summed E-state index contributed by atoms with van der Waals surface area (Å²) in [5, 5.41) is 2.80. The number of nitrogens with zero attached hydrogens (tertiary/aromatic N) is 2. The fourth-order valence-electron chi connectivity index (χ4n) is 4.04. The number of aromatic nitrogens is 1. The largest absolute Gasteiger partial charge is 0.442 e. The van der Waals surface area contributed by atoms with Crippen molar-refractivity contribution in [2.45, 2.75) is 45.1 Å². The fourth-order valence-corrected chi connectivity index (χ4v) is 5.23. The number of ketones is 1. The van der Waals surface area contributed by atoms with E-state index in [1.807, 2.05) is 30.3 Å². The predicted molar refractivity (Wildman–Crippen MR) is 141 cm³/mol. The molecular formula is C27H37N3O7S. The molecule has 11 heteroatoms. The number of Topliss-reactive ketones (excluding diaryl/α,β-unsaturated/α-hetero) is 1. The number of oxazole rings is 1. The summed E-state index contributed by atoms with van der Waals surface area (Å²) in [5.41, 5.74) is 1.06. The molecule has 2 fully saturated rings. The van der Waals surface area contributed by atoms with Crippen molar-refractivity contribution >= 4 is 27.4 Å². The zero-order chi connectivity index (χ0) is 27.5. The molecule has 2 aromatic rings. The first-order chi connectivity index (χ1) is 18.1. The molecule has 1 unspecified atom stereocenters. The Hall–Kier alpha value is -3.05. The second-order valence-corrected chi connectivity index (χ2v) is 12.1. The van der Waals surface area contributed by atoms with Gasteiger partial charge in [-0.3, -0.25) is 14.4 Å². The lowest BCUT2D eigenvalue weighted by Gasteiger charge is -2.28. The average molecular weight is 548 g/mol. The van der Waals surface area contributed by atoms with Crippen molar-refractivity contribution in [2.75, 3.05) is 38.3 Å². The zero-order valence-electron chi connectivity index (χ0n) is 22.0. The van der Waals surface area contributed by atoms with Crippen LogP contribution in [-0.2, 0) is 30.6 Å². The van der Waals surface area contributed by atoms with Crippen molar-refractivity contribution in [3.8, 4) is 0 Å². The van der Waals surface area contributed by atoms with E-state index in [2.05, 4.69) is 10.3 Å². The van der Waals surface area contributed by atoms with Crippen LogP contribution in [-0.4, -0.2) is 80.3 Å². The number of hydrogen-bond donors (Lipinski definition) is 1. The van der Waals surface area contributed by atoms with Crippen LogP contribution in [0, 0.1) is 11.8 Å². The van der Waals surface area contributed by atoms with Crippen molar-refractivity contribution < 1.29 is 32.0 Å². The number of aryl methyl sites for hydroxylation is 1. The van der Waals surface area contributed by atoms with Crippen LogP contribution in [0.4, 0.5) is 0 Å². The molecule has 0 bridgehead atoms. The number of ether oxygens (including phenoxy) is 1. The Labute approximate surface area is 224 Å². The monoisotopic (exact) mass is 547 g/mol. The first kappa shape index (κ1) is 29.5. The maximum absolute atomic E-state index is 12.8. The van der Waals surface area contributed by atoms with Gasteiger partial charge >= 0.3 is 0 Å². The number of nitrogens with one attached hydrogen (secondary N) is 1. The standard InChI is InChI=1S/C22H27N3O5.C5H10O2S/c1-16(15-19(26)25-10-13-29-14-11-25)21(28)24-18(20(27)22-23-9-12-30-22)8-7-17-5-3-2-4-6-17;1-8(6,7)4-5-2-3-5/h2-6,9,12,16,18H,7-8,10-11,13-15H2,1H3,(H,24,28);5H,2-4H2,1H3/t16?,18-;/m0./s1. The fraction of sp³-hybridized carbons (Fsp3) is 0.556. The van der Waals surface area contributed by atoms with Crippen LogP contribution in [0.3, 0.4) is 0 Å². The minimum Gasteiger partial charge on any atom is -0.442 e. The number of carbonyl (C=O) groups is 3. The van der Waals surface area contributed by atoms with Crippen LogP contribution in [0.15, 0.2) is 47.2 Å². The number of amides is 2. The number of rotatable bonds is 11. The minimum absolute atomic E-state index is 0.0367. The van der Waals surface area contributed by atoms with Gasteiger partial charge in [-0.25, -0.2) is 13.4 Å². The third-order valence-electron chi connectivity index (χ3n) is 6.37. The number of benzene rings is 1. The second-order valence-electron chi connectivity index (χ2n) is 9.92. The Morgan fingerprint density at radius 3 is 2.37 bits per heavy atom. The second kappa shape index (κ2) is 14.2. The van der Waals surface area contributed by atoms with Crippen molar-refractivity contribution in [3.63, 3.8) is 0 Å². The van der Waals surface area contributed by atoms with E-state index in [0.717, 1.165) is 18.4 Å². The quantitative estimate of drug-likeness (QED) is 0.423. The smallest absolute Gasteiger partial charge is 0.265 e. The number of carbonyl (C=O) groups excluding carboxylic acids is 3. The summed E-state index contributed by atoms with van der Waals surface area (Å²) in [6.45, 7) is 3.79. The van der Waals surface area contributed by atoms with Crippen molar-refractivity contribution in [2.24, 2.45) is 11.8 Å². The minimum atomic E-state index is -2.66. The van der Waals surface area contributed by atoms with Crippen molar-refractivity contribution in [1.82, 2.24) is 15.2 Å². The summed E-state index contributed by atoms with van der Waals surface area (Å²) >= 11 is 0. The Morgan fingerprint density at radius 2 is 1.82 bits per heavy atom. The molecule has 0 spiro atoms. The maximum Gasteiger partial charge on any atom is 0.265 e. The molecule has 1 aliphatic carbocycles. The third-order valence-corrected chi connectivity index (χ3v) is 7.45. The van der Waals surface area contributed by atoms with Gasteiger partial charge in [0, 0.05) is 31.7 Å².